The SMILES string of the molecule is CCS(=O)(=O)NCCN(Cc1ccc2c(c1)OCO2)S(C)(=O)=O. The van der Waals surface area contributed by atoms with Crippen molar-refractivity contribution in [1.29, 1.82) is 0 Å². The Balaban J connectivity index is 2.05. The molecule has 1 aromatic rings. The van der Waals surface area contributed by atoms with E-state index in [1.54, 1.807) is 18.2 Å². The van der Waals surface area contributed by atoms with Crippen molar-refractivity contribution in [3.8, 4) is 11.5 Å². The number of nitrogens with one attached hydrogen (secondary N) is 1. The van der Waals surface area contributed by atoms with E-state index >= 15 is 0 Å². The van der Waals surface area contributed by atoms with Gasteiger partial charge in [-0.05, 0) is 24.6 Å². The van der Waals surface area contributed by atoms with Gasteiger partial charge >= 0.3 is 0 Å². The maximum absolute atomic E-state index is 11.9. The van der Waals surface area contributed by atoms with Gasteiger partial charge in [-0.2, -0.15) is 4.31 Å². The van der Waals surface area contributed by atoms with Crippen LogP contribution in [0.25, 0.3) is 0 Å². The highest BCUT2D eigenvalue weighted by atomic mass is 32.2. The number of rotatable bonds is 8. The summed E-state index contributed by atoms with van der Waals surface area (Å²) in [5.74, 6) is 1.15. The first kappa shape index (κ1) is 18.0. The van der Waals surface area contributed by atoms with Crippen LogP contribution in [0.3, 0.4) is 0 Å². The monoisotopic (exact) mass is 364 g/mol. The van der Waals surface area contributed by atoms with Crippen LogP contribution in [-0.4, -0.2) is 53.0 Å². The Morgan fingerprint density at radius 3 is 2.52 bits per heavy atom. The fourth-order valence-electron chi connectivity index (χ4n) is 2.03. The van der Waals surface area contributed by atoms with Gasteiger partial charge in [0.2, 0.25) is 26.8 Å². The van der Waals surface area contributed by atoms with E-state index in [4.69, 9.17) is 9.47 Å². The van der Waals surface area contributed by atoms with Crippen LogP contribution in [0, 0.1) is 0 Å². The van der Waals surface area contributed by atoms with Gasteiger partial charge in [0.25, 0.3) is 0 Å². The van der Waals surface area contributed by atoms with Crippen molar-refractivity contribution in [3.05, 3.63) is 23.8 Å². The van der Waals surface area contributed by atoms with Crippen LogP contribution in [0.5, 0.6) is 11.5 Å². The number of hydrogen-bond acceptors (Lipinski definition) is 6. The van der Waals surface area contributed by atoms with Crippen molar-refractivity contribution in [3.63, 3.8) is 0 Å². The summed E-state index contributed by atoms with van der Waals surface area (Å²) in [6.07, 6.45) is 1.09. The minimum Gasteiger partial charge on any atom is -0.454 e. The lowest BCUT2D eigenvalue weighted by molar-refractivity contribution is 0.174. The topological polar surface area (TPSA) is 102 Å². The molecule has 1 N–H and O–H groups in total. The molecule has 0 atom stereocenters. The first-order valence-electron chi connectivity index (χ1n) is 7.02. The summed E-state index contributed by atoms with van der Waals surface area (Å²) in [5, 5.41) is 0. The van der Waals surface area contributed by atoms with Crippen LogP contribution in [-0.2, 0) is 26.6 Å². The standard InChI is InChI=1S/C13H20N2O6S2/c1-3-23(18,19)14-6-7-15(22(2,16)17)9-11-4-5-12-13(8-11)21-10-20-12/h4-5,8,14H,3,6-7,9-10H2,1-2H3. The van der Waals surface area contributed by atoms with Crippen molar-refractivity contribution in [2.24, 2.45) is 0 Å². The average molecular weight is 364 g/mol. The van der Waals surface area contributed by atoms with Crippen LogP contribution in [0.15, 0.2) is 18.2 Å². The Labute approximate surface area is 136 Å². The Morgan fingerprint density at radius 2 is 1.87 bits per heavy atom. The summed E-state index contributed by atoms with van der Waals surface area (Å²) >= 11 is 0. The van der Waals surface area contributed by atoms with Crippen LogP contribution in [0.1, 0.15) is 12.5 Å². The van der Waals surface area contributed by atoms with Crippen molar-refractivity contribution in [1.82, 2.24) is 9.03 Å². The average Bonchev–Trinajstić information content (AvgIpc) is 2.92. The molecule has 0 saturated heterocycles. The van der Waals surface area contributed by atoms with E-state index in [1.165, 1.54) is 11.2 Å². The predicted molar refractivity (Wildman–Crippen MR) is 85.3 cm³/mol. The fraction of sp³-hybridized carbons (Fsp3) is 0.538. The first-order valence-corrected chi connectivity index (χ1v) is 10.5. The quantitative estimate of drug-likeness (QED) is 0.703. The molecule has 130 valence electrons. The Kier molecular flexibility index (Phi) is 5.50. The van der Waals surface area contributed by atoms with Crippen molar-refractivity contribution >= 4 is 20.0 Å². The second-order valence-corrected chi connectivity index (χ2v) is 9.16. The van der Waals surface area contributed by atoms with Gasteiger partial charge in [-0.3, -0.25) is 0 Å². The summed E-state index contributed by atoms with van der Waals surface area (Å²) in [6.45, 7) is 1.86. The highest BCUT2D eigenvalue weighted by Gasteiger charge is 2.20. The zero-order valence-electron chi connectivity index (χ0n) is 13.0. The van der Waals surface area contributed by atoms with Gasteiger partial charge in [-0.1, -0.05) is 6.07 Å². The molecule has 8 nitrogen and oxygen atoms in total. The molecule has 0 unspecified atom stereocenters. The van der Waals surface area contributed by atoms with Gasteiger partial charge in [0.05, 0.1) is 12.0 Å². The predicted octanol–water partition coefficient (Wildman–Crippen LogP) is 0.116. The van der Waals surface area contributed by atoms with Gasteiger partial charge in [0, 0.05) is 19.6 Å². The van der Waals surface area contributed by atoms with E-state index in [1.807, 2.05) is 0 Å². The summed E-state index contributed by atoms with van der Waals surface area (Å²) < 4.78 is 60.6. The van der Waals surface area contributed by atoms with Crippen LogP contribution >= 0.6 is 0 Å². The Bertz CT molecular complexity index is 761. The Morgan fingerprint density at radius 1 is 1.17 bits per heavy atom. The molecule has 0 aliphatic carbocycles. The number of fused-ring (bicyclic) bond motifs is 1. The van der Waals surface area contributed by atoms with Crippen LogP contribution in [0.2, 0.25) is 0 Å². The Hall–Kier alpha value is -1.36. The molecular weight excluding hydrogens is 344 g/mol. The molecule has 23 heavy (non-hydrogen) atoms. The summed E-state index contributed by atoms with van der Waals surface area (Å²) in [6, 6.07) is 5.19. The highest BCUT2D eigenvalue weighted by Crippen LogP contribution is 2.32. The van der Waals surface area contributed by atoms with E-state index in [0.29, 0.717) is 11.5 Å². The van der Waals surface area contributed by atoms with Crippen LogP contribution in [0.4, 0.5) is 0 Å². The third kappa shape index (κ3) is 5.06. The van der Waals surface area contributed by atoms with Crippen molar-refractivity contribution < 1.29 is 26.3 Å². The van der Waals surface area contributed by atoms with E-state index < -0.39 is 20.0 Å². The van der Waals surface area contributed by atoms with Gasteiger partial charge in [0.15, 0.2) is 11.5 Å². The molecule has 1 aliphatic rings. The second-order valence-electron chi connectivity index (χ2n) is 5.08. The third-order valence-electron chi connectivity index (χ3n) is 3.33. The molecule has 0 fully saturated rings. The molecule has 0 aromatic heterocycles. The molecule has 0 bridgehead atoms. The molecule has 0 saturated carbocycles. The van der Waals surface area contributed by atoms with E-state index in [0.717, 1.165) is 11.8 Å². The number of nitrogens with zero attached hydrogens (tertiary/aromatic N) is 1. The lowest BCUT2D eigenvalue weighted by Gasteiger charge is -2.20. The minimum absolute atomic E-state index is 0.0216. The molecule has 1 aliphatic heterocycles. The molecule has 10 heteroatoms. The molecule has 2 rings (SSSR count). The lowest BCUT2D eigenvalue weighted by atomic mass is 10.2. The van der Waals surface area contributed by atoms with Crippen LogP contribution < -0.4 is 14.2 Å². The van der Waals surface area contributed by atoms with Gasteiger partial charge < -0.3 is 9.47 Å². The maximum Gasteiger partial charge on any atom is 0.231 e. The number of benzene rings is 1. The molecule has 1 heterocycles. The molecule has 1 aromatic carbocycles. The van der Waals surface area contributed by atoms with E-state index in [2.05, 4.69) is 4.72 Å². The minimum atomic E-state index is -3.48. The number of hydrogen-bond donors (Lipinski definition) is 1. The van der Waals surface area contributed by atoms with E-state index in [9.17, 15) is 16.8 Å². The fourth-order valence-corrected chi connectivity index (χ4v) is 3.45. The van der Waals surface area contributed by atoms with Gasteiger partial charge in [0.1, 0.15) is 0 Å². The highest BCUT2D eigenvalue weighted by molar-refractivity contribution is 7.89. The third-order valence-corrected chi connectivity index (χ3v) is 5.98. The van der Waals surface area contributed by atoms with E-state index in [-0.39, 0.29) is 32.2 Å². The summed E-state index contributed by atoms with van der Waals surface area (Å²) in [4.78, 5) is 0. The number of ether oxygens (including phenoxy) is 2. The summed E-state index contributed by atoms with van der Waals surface area (Å²) in [5.41, 5.74) is 0.734. The van der Waals surface area contributed by atoms with Crippen molar-refractivity contribution in [2.75, 3.05) is 31.9 Å². The van der Waals surface area contributed by atoms with Gasteiger partial charge in [-0.25, -0.2) is 21.6 Å². The maximum atomic E-state index is 11.9. The lowest BCUT2D eigenvalue weighted by Crippen LogP contribution is -2.38. The zero-order chi connectivity index (χ0) is 17.1. The first-order chi connectivity index (χ1) is 10.7. The smallest absolute Gasteiger partial charge is 0.231 e. The normalized spacial score (nSPS) is 14.4. The largest absolute Gasteiger partial charge is 0.454 e. The molecule has 0 radical (unpaired) electrons. The second kappa shape index (κ2) is 7.04. The molecule has 0 amide bonds. The number of sulfonamides is 2. The van der Waals surface area contributed by atoms with Gasteiger partial charge in [-0.15, -0.1) is 0 Å². The zero-order valence-corrected chi connectivity index (χ0v) is 14.6. The summed E-state index contributed by atoms with van der Waals surface area (Å²) in [7, 11) is -6.82. The molecular formula is C13H20N2O6S2. The molecule has 0 spiro atoms. The van der Waals surface area contributed by atoms with Crippen molar-refractivity contribution in [2.45, 2.75) is 13.5 Å².